The SMILES string of the molecule is C[C@H](NC(=O)[C@@H](c1ccccc1)C1CCCC1)c1ccccc1. The first kappa shape index (κ1) is 15.8. The molecule has 0 bridgehead atoms. The zero-order valence-corrected chi connectivity index (χ0v) is 13.7. The Balaban J connectivity index is 1.78. The molecule has 2 atom stereocenters. The van der Waals surface area contributed by atoms with Gasteiger partial charge in [-0.1, -0.05) is 73.5 Å². The van der Waals surface area contributed by atoms with E-state index in [1.165, 1.54) is 12.8 Å². The van der Waals surface area contributed by atoms with Crippen LogP contribution in [0.3, 0.4) is 0 Å². The highest BCUT2D eigenvalue weighted by atomic mass is 16.2. The highest BCUT2D eigenvalue weighted by Gasteiger charge is 2.32. The van der Waals surface area contributed by atoms with E-state index < -0.39 is 0 Å². The van der Waals surface area contributed by atoms with Crippen LogP contribution >= 0.6 is 0 Å². The molecule has 120 valence electrons. The van der Waals surface area contributed by atoms with E-state index in [4.69, 9.17) is 0 Å². The average molecular weight is 307 g/mol. The summed E-state index contributed by atoms with van der Waals surface area (Å²) in [7, 11) is 0. The summed E-state index contributed by atoms with van der Waals surface area (Å²) >= 11 is 0. The predicted octanol–water partition coefficient (Wildman–Crippen LogP) is 4.84. The van der Waals surface area contributed by atoms with Gasteiger partial charge in [0.25, 0.3) is 0 Å². The molecule has 0 aromatic heterocycles. The number of hydrogen-bond donors (Lipinski definition) is 1. The Hall–Kier alpha value is -2.09. The lowest BCUT2D eigenvalue weighted by atomic mass is 9.84. The minimum atomic E-state index is -0.0233. The maximum absolute atomic E-state index is 13.0. The van der Waals surface area contributed by atoms with Crippen molar-refractivity contribution in [1.29, 1.82) is 0 Å². The summed E-state index contributed by atoms with van der Waals surface area (Å²) in [6, 6.07) is 20.5. The van der Waals surface area contributed by atoms with Crippen molar-refractivity contribution in [2.75, 3.05) is 0 Å². The van der Waals surface area contributed by atoms with Crippen LogP contribution in [0.15, 0.2) is 60.7 Å². The Morgan fingerprint density at radius 2 is 1.43 bits per heavy atom. The molecular formula is C21H25NO. The van der Waals surface area contributed by atoms with Crippen LogP contribution in [0, 0.1) is 5.92 Å². The Morgan fingerprint density at radius 1 is 0.913 bits per heavy atom. The molecule has 1 aliphatic rings. The van der Waals surface area contributed by atoms with Crippen LogP contribution in [0.5, 0.6) is 0 Å². The second kappa shape index (κ2) is 7.45. The van der Waals surface area contributed by atoms with E-state index >= 15 is 0 Å². The molecule has 0 spiro atoms. The number of benzene rings is 2. The van der Waals surface area contributed by atoms with E-state index in [-0.39, 0.29) is 17.9 Å². The van der Waals surface area contributed by atoms with Crippen molar-refractivity contribution < 1.29 is 4.79 Å². The van der Waals surface area contributed by atoms with Gasteiger partial charge < -0.3 is 5.32 Å². The molecule has 2 aromatic carbocycles. The maximum Gasteiger partial charge on any atom is 0.228 e. The zero-order valence-electron chi connectivity index (χ0n) is 13.7. The molecule has 0 heterocycles. The molecule has 0 unspecified atom stereocenters. The second-order valence-electron chi connectivity index (χ2n) is 6.57. The van der Waals surface area contributed by atoms with Gasteiger partial charge >= 0.3 is 0 Å². The summed E-state index contributed by atoms with van der Waals surface area (Å²) in [6.07, 6.45) is 4.81. The third-order valence-corrected chi connectivity index (χ3v) is 4.97. The first-order valence-electron chi connectivity index (χ1n) is 8.66. The standard InChI is InChI=1S/C21H25NO/c1-16(17-10-4-2-5-11-17)22-21(23)20(19-14-8-9-15-19)18-12-6-3-7-13-18/h2-7,10-13,16,19-20H,8-9,14-15H2,1H3,(H,22,23)/t16-,20-/m0/s1. The van der Waals surface area contributed by atoms with Gasteiger partial charge in [0.05, 0.1) is 12.0 Å². The minimum absolute atomic E-state index is 0.0233. The van der Waals surface area contributed by atoms with Gasteiger partial charge in [-0.25, -0.2) is 0 Å². The van der Waals surface area contributed by atoms with Crippen molar-refractivity contribution in [3.05, 3.63) is 71.8 Å². The number of amides is 1. The summed E-state index contributed by atoms with van der Waals surface area (Å²) in [6.45, 7) is 2.06. The van der Waals surface area contributed by atoms with Crippen molar-refractivity contribution in [3.63, 3.8) is 0 Å². The second-order valence-corrected chi connectivity index (χ2v) is 6.57. The molecule has 2 heteroatoms. The van der Waals surface area contributed by atoms with Gasteiger partial charge in [-0.15, -0.1) is 0 Å². The molecule has 3 rings (SSSR count). The Bertz CT molecular complexity index is 617. The number of carbonyl (C=O) groups is 1. The van der Waals surface area contributed by atoms with Gasteiger partial charge in [-0.2, -0.15) is 0 Å². The number of nitrogens with one attached hydrogen (secondary N) is 1. The third-order valence-electron chi connectivity index (χ3n) is 4.97. The first-order valence-corrected chi connectivity index (χ1v) is 8.66. The minimum Gasteiger partial charge on any atom is -0.349 e. The Kier molecular flexibility index (Phi) is 5.12. The van der Waals surface area contributed by atoms with E-state index in [1.54, 1.807) is 0 Å². The molecule has 0 saturated heterocycles. The van der Waals surface area contributed by atoms with Crippen molar-refractivity contribution in [1.82, 2.24) is 5.32 Å². The van der Waals surface area contributed by atoms with Crippen molar-refractivity contribution in [3.8, 4) is 0 Å². The van der Waals surface area contributed by atoms with Gasteiger partial charge in [0, 0.05) is 0 Å². The van der Waals surface area contributed by atoms with Crippen molar-refractivity contribution in [2.45, 2.75) is 44.6 Å². The fourth-order valence-electron chi connectivity index (χ4n) is 3.72. The van der Waals surface area contributed by atoms with E-state index in [0.29, 0.717) is 5.92 Å². The van der Waals surface area contributed by atoms with E-state index in [9.17, 15) is 4.79 Å². The van der Waals surface area contributed by atoms with E-state index in [1.807, 2.05) is 36.4 Å². The Labute approximate surface area is 138 Å². The van der Waals surface area contributed by atoms with Crippen LogP contribution in [-0.4, -0.2) is 5.91 Å². The highest BCUT2D eigenvalue weighted by Crippen LogP contribution is 2.37. The largest absolute Gasteiger partial charge is 0.349 e. The summed E-state index contributed by atoms with van der Waals surface area (Å²) in [5, 5.41) is 3.23. The summed E-state index contributed by atoms with van der Waals surface area (Å²) in [5.41, 5.74) is 2.30. The van der Waals surface area contributed by atoms with Crippen LogP contribution in [0.1, 0.15) is 55.7 Å². The lowest BCUT2D eigenvalue weighted by Gasteiger charge is -2.25. The summed E-state index contributed by atoms with van der Waals surface area (Å²) in [4.78, 5) is 13.0. The quantitative estimate of drug-likeness (QED) is 0.841. The molecule has 1 N–H and O–H groups in total. The topological polar surface area (TPSA) is 29.1 Å². The summed E-state index contributed by atoms with van der Waals surface area (Å²) < 4.78 is 0. The normalized spacial score (nSPS) is 17.6. The average Bonchev–Trinajstić information content (AvgIpc) is 3.11. The first-order chi connectivity index (χ1) is 11.3. The molecule has 23 heavy (non-hydrogen) atoms. The van der Waals surface area contributed by atoms with E-state index in [0.717, 1.165) is 24.0 Å². The zero-order chi connectivity index (χ0) is 16.1. The van der Waals surface area contributed by atoms with Crippen LogP contribution < -0.4 is 5.32 Å². The molecule has 0 radical (unpaired) electrons. The molecule has 0 aliphatic heterocycles. The van der Waals surface area contributed by atoms with Crippen LogP contribution in [0.25, 0.3) is 0 Å². The Morgan fingerprint density at radius 3 is 2.00 bits per heavy atom. The molecule has 1 aliphatic carbocycles. The fraction of sp³-hybridized carbons (Fsp3) is 0.381. The van der Waals surface area contributed by atoms with Gasteiger partial charge in [0.1, 0.15) is 0 Å². The highest BCUT2D eigenvalue weighted by molar-refractivity contribution is 5.84. The van der Waals surface area contributed by atoms with Gasteiger partial charge in [0.15, 0.2) is 0 Å². The monoisotopic (exact) mass is 307 g/mol. The number of rotatable bonds is 5. The van der Waals surface area contributed by atoms with Gasteiger partial charge in [-0.3, -0.25) is 4.79 Å². The number of carbonyl (C=O) groups excluding carboxylic acids is 1. The van der Waals surface area contributed by atoms with Crippen LogP contribution in [0.4, 0.5) is 0 Å². The predicted molar refractivity (Wildman–Crippen MR) is 94.1 cm³/mol. The van der Waals surface area contributed by atoms with Crippen molar-refractivity contribution in [2.24, 2.45) is 5.92 Å². The maximum atomic E-state index is 13.0. The molecule has 1 amide bonds. The van der Waals surface area contributed by atoms with Crippen molar-refractivity contribution >= 4 is 5.91 Å². The number of hydrogen-bond acceptors (Lipinski definition) is 1. The molecule has 1 saturated carbocycles. The summed E-state index contributed by atoms with van der Waals surface area (Å²) in [5.74, 6) is 0.615. The van der Waals surface area contributed by atoms with Crippen LogP contribution in [-0.2, 0) is 4.79 Å². The lowest BCUT2D eigenvalue weighted by Crippen LogP contribution is -2.34. The molecular weight excluding hydrogens is 282 g/mol. The van der Waals surface area contributed by atoms with Crippen LogP contribution in [0.2, 0.25) is 0 Å². The van der Waals surface area contributed by atoms with Gasteiger partial charge in [0.2, 0.25) is 5.91 Å². The smallest absolute Gasteiger partial charge is 0.228 e. The van der Waals surface area contributed by atoms with Gasteiger partial charge in [-0.05, 0) is 36.8 Å². The van der Waals surface area contributed by atoms with E-state index in [2.05, 4.69) is 36.5 Å². The molecule has 1 fully saturated rings. The molecule has 2 aromatic rings. The fourth-order valence-corrected chi connectivity index (χ4v) is 3.72. The lowest BCUT2D eigenvalue weighted by molar-refractivity contribution is -0.124. The third kappa shape index (κ3) is 3.82. The molecule has 2 nitrogen and oxygen atoms in total.